The minimum absolute atomic E-state index is 0.0673. The van der Waals surface area contributed by atoms with Gasteiger partial charge in [0.15, 0.2) is 5.58 Å². The van der Waals surface area contributed by atoms with Crippen LogP contribution in [0.4, 0.5) is 0 Å². The maximum atomic E-state index is 11.1. The molecule has 0 spiro atoms. The third-order valence-electron chi connectivity index (χ3n) is 2.25. The number of nitrogens with zero attached hydrogens (tertiary/aromatic N) is 1. The van der Waals surface area contributed by atoms with E-state index in [4.69, 9.17) is 9.56 Å². The van der Waals surface area contributed by atoms with Crippen LogP contribution in [0, 0.1) is 0 Å². The second kappa shape index (κ2) is 4.39. The van der Waals surface area contributed by atoms with E-state index in [9.17, 15) is 13.2 Å². The highest BCUT2D eigenvalue weighted by atomic mass is 32.2. The summed E-state index contributed by atoms with van der Waals surface area (Å²) in [5, 5.41) is 4.35. The van der Waals surface area contributed by atoms with Gasteiger partial charge in [-0.3, -0.25) is 4.79 Å². The Bertz CT molecular complexity index is 704. The molecule has 7 nitrogen and oxygen atoms in total. The summed E-state index contributed by atoms with van der Waals surface area (Å²) < 4.78 is 31.7. The third kappa shape index (κ3) is 2.49. The van der Waals surface area contributed by atoms with Gasteiger partial charge in [-0.1, -0.05) is 6.07 Å². The number of hydrogen-bond donors (Lipinski definition) is 1. The van der Waals surface area contributed by atoms with Crippen LogP contribution >= 0.6 is 0 Å². The highest BCUT2D eigenvalue weighted by Gasteiger charge is 2.17. The number of sulfonamides is 1. The van der Waals surface area contributed by atoms with E-state index in [0.29, 0.717) is 11.1 Å². The van der Waals surface area contributed by atoms with Crippen molar-refractivity contribution in [1.29, 1.82) is 0 Å². The molecule has 0 aliphatic heterocycles. The Labute approximate surface area is 103 Å². The van der Waals surface area contributed by atoms with E-state index in [1.165, 1.54) is 13.2 Å². The summed E-state index contributed by atoms with van der Waals surface area (Å²) in [6, 6.07) is 4.70. The number of hydrogen-bond acceptors (Lipinski definition) is 6. The summed E-state index contributed by atoms with van der Waals surface area (Å²) in [6.07, 6.45) is 0.0673. The lowest BCUT2D eigenvalue weighted by molar-refractivity contribution is -0.139. The monoisotopic (exact) mass is 270 g/mol. The number of carbonyl (C=O) groups is 1. The first kappa shape index (κ1) is 12.5. The number of fused-ring (bicyclic) bond motifs is 1. The van der Waals surface area contributed by atoms with Crippen molar-refractivity contribution in [3.63, 3.8) is 0 Å². The lowest BCUT2D eigenvalue weighted by atomic mass is 10.1. The van der Waals surface area contributed by atoms with Gasteiger partial charge in [0, 0.05) is 0 Å². The average Bonchev–Trinajstić information content (AvgIpc) is 2.71. The van der Waals surface area contributed by atoms with Gasteiger partial charge in [0.2, 0.25) is 0 Å². The molecule has 1 aromatic heterocycles. The fourth-order valence-electron chi connectivity index (χ4n) is 1.42. The second-order valence-electron chi connectivity index (χ2n) is 3.58. The number of primary sulfonamides is 1. The maximum absolute atomic E-state index is 11.1. The predicted molar refractivity (Wildman–Crippen MR) is 61.1 cm³/mol. The molecular formula is C10H10N2O5S. The Morgan fingerprint density at radius 1 is 1.50 bits per heavy atom. The number of nitrogens with two attached hydrogens (primary N) is 1. The Morgan fingerprint density at radius 3 is 2.83 bits per heavy atom. The molecule has 2 aromatic rings. The van der Waals surface area contributed by atoms with E-state index in [0.717, 1.165) is 0 Å². The molecule has 0 aliphatic rings. The Kier molecular flexibility index (Phi) is 3.05. The first-order valence-electron chi connectivity index (χ1n) is 4.89. The van der Waals surface area contributed by atoms with Gasteiger partial charge >= 0.3 is 11.2 Å². The average molecular weight is 270 g/mol. The second-order valence-corrected chi connectivity index (χ2v) is 5.02. The lowest BCUT2D eigenvalue weighted by Crippen LogP contribution is -2.12. The number of aromatic nitrogens is 1. The molecule has 0 atom stereocenters. The summed E-state index contributed by atoms with van der Waals surface area (Å²) >= 11 is 0. The van der Waals surface area contributed by atoms with Crippen molar-refractivity contribution >= 4 is 27.1 Å². The van der Waals surface area contributed by atoms with E-state index in [2.05, 4.69) is 9.72 Å². The zero-order valence-corrected chi connectivity index (χ0v) is 10.2. The molecule has 0 amide bonds. The van der Waals surface area contributed by atoms with E-state index < -0.39 is 21.2 Å². The van der Waals surface area contributed by atoms with Crippen LogP contribution in [-0.4, -0.2) is 26.5 Å². The van der Waals surface area contributed by atoms with Gasteiger partial charge in [0.1, 0.15) is 5.52 Å². The SMILES string of the molecule is COC(=O)Cc1ccc2nc(S(N)(=O)=O)oc2c1. The van der Waals surface area contributed by atoms with Gasteiger partial charge in [-0.05, 0) is 17.7 Å². The van der Waals surface area contributed by atoms with E-state index in [1.807, 2.05) is 0 Å². The van der Waals surface area contributed by atoms with Crippen LogP contribution in [0.1, 0.15) is 5.56 Å². The Hall–Kier alpha value is -1.93. The highest BCUT2D eigenvalue weighted by Crippen LogP contribution is 2.19. The first-order valence-corrected chi connectivity index (χ1v) is 6.44. The van der Waals surface area contributed by atoms with E-state index >= 15 is 0 Å². The fourth-order valence-corrected chi connectivity index (χ4v) is 1.85. The van der Waals surface area contributed by atoms with Crippen molar-refractivity contribution in [2.24, 2.45) is 5.14 Å². The number of oxazole rings is 1. The topological polar surface area (TPSA) is 112 Å². The number of esters is 1. The van der Waals surface area contributed by atoms with Gasteiger partial charge in [-0.25, -0.2) is 13.6 Å². The van der Waals surface area contributed by atoms with Crippen LogP contribution < -0.4 is 5.14 Å². The number of methoxy groups -OCH3 is 1. The zero-order valence-electron chi connectivity index (χ0n) is 9.41. The van der Waals surface area contributed by atoms with Crippen molar-refractivity contribution in [3.8, 4) is 0 Å². The first-order chi connectivity index (χ1) is 8.40. The summed E-state index contributed by atoms with van der Waals surface area (Å²) in [4.78, 5) is 14.8. The zero-order chi connectivity index (χ0) is 13.3. The van der Waals surface area contributed by atoms with Gasteiger partial charge < -0.3 is 9.15 Å². The summed E-state index contributed by atoms with van der Waals surface area (Å²) in [6.45, 7) is 0. The molecule has 0 fully saturated rings. The molecule has 0 aliphatic carbocycles. The van der Waals surface area contributed by atoms with Gasteiger partial charge in [0.05, 0.1) is 13.5 Å². The van der Waals surface area contributed by atoms with Crippen LogP contribution in [0.3, 0.4) is 0 Å². The molecule has 8 heteroatoms. The minimum atomic E-state index is -3.97. The van der Waals surface area contributed by atoms with Crippen molar-refractivity contribution in [2.45, 2.75) is 11.6 Å². The molecule has 1 aromatic carbocycles. The van der Waals surface area contributed by atoms with Crippen LogP contribution in [0.5, 0.6) is 0 Å². The number of rotatable bonds is 3. The maximum Gasteiger partial charge on any atom is 0.331 e. The molecule has 2 N–H and O–H groups in total. The van der Waals surface area contributed by atoms with Crippen LogP contribution in [0.25, 0.3) is 11.1 Å². The van der Waals surface area contributed by atoms with Gasteiger partial charge in [-0.15, -0.1) is 0 Å². The lowest BCUT2D eigenvalue weighted by Gasteiger charge is -1.98. The van der Waals surface area contributed by atoms with E-state index in [1.54, 1.807) is 12.1 Å². The quantitative estimate of drug-likeness (QED) is 0.796. The van der Waals surface area contributed by atoms with Crippen LogP contribution in [0.2, 0.25) is 0 Å². The molecule has 0 unspecified atom stereocenters. The molecule has 1 heterocycles. The summed E-state index contributed by atoms with van der Waals surface area (Å²) in [5.74, 6) is -0.402. The molecule has 2 rings (SSSR count). The fraction of sp³-hybridized carbons (Fsp3) is 0.200. The summed E-state index contributed by atoms with van der Waals surface area (Å²) in [5.41, 5.74) is 1.24. The molecule has 0 radical (unpaired) electrons. The molecular weight excluding hydrogens is 260 g/mol. The molecule has 96 valence electrons. The molecule has 18 heavy (non-hydrogen) atoms. The third-order valence-corrected chi connectivity index (χ3v) is 2.91. The standard InChI is InChI=1S/C10H10N2O5S/c1-16-9(13)5-6-2-3-7-8(4-6)17-10(12-7)18(11,14)15/h2-4H,5H2,1H3,(H2,11,14,15). The van der Waals surface area contributed by atoms with Crippen LogP contribution in [-0.2, 0) is 26.0 Å². The number of ether oxygens (including phenoxy) is 1. The Morgan fingerprint density at radius 2 is 2.22 bits per heavy atom. The highest BCUT2D eigenvalue weighted by molar-refractivity contribution is 7.88. The van der Waals surface area contributed by atoms with E-state index in [-0.39, 0.29) is 12.0 Å². The van der Waals surface area contributed by atoms with Crippen molar-refractivity contribution in [3.05, 3.63) is 23.8 Å². The van der Waals surface area contributed by atoms with Crippen molar-refractivity contribution < 1.29 is 22.4 Å². The smallest absolute Gasteiger partial charge is 0.331 e. The summed E-state index contributed by atoms with van der Waals surface area (Å²) in [7, 11) is -2.69. The largest absolute Gasteiger partial charge is 0.469 e. The molecule has 0 saturated heterocycles. The molecule has 0 bridgehead atoms. The number of benzene rings is 1. The van der Waals surface area contributed by atoms with Crippen molar-refractivity contribution in [1.82, 2.24) is 4.98 Å². The number of carbonyl (C=O) groups excluding carboxylic acids is 1. The molecule has 0 saturated carbocycles. The minimum Gasteiger partial charge on any atom is -0.469 e. The van der Waals surface area contributed by atoms with Crippen molar-refractivity contribution in [2.75, 3.05) is 7.11 Å². The van der Waals surface area contributed by atoms with Gasteiger partial charge in [-0.2, -0.15) is 4.98 Å². The predicted octanol–water partition coefficient (Wildman–Crippen LogP) is 0.191. The Balaban J connectivity index is 2.43. The van der Waals surface area contributed by atoms with Gasteiger partial charge in [0.25, 0.3) is 10.0 Å². The van der Waals surface area contributed by atoms with Crippen LogP contribution in [0.15, 0.2) is 27.8 Å². The normalized spacial score (nSPS) is 11.7.